The van der Waals surface area contributed by atoms with Gasteiger partial charge >= 0.3 is 0 Å². The average Bonchev–Trinajstić information content (AvgIpc) is 3.11. The third-order valence-electron chi connectivity index (χ3n) is 8.54. The molecule has 3 saturated heterocycles. The molecule has 6 aliphatic rings. The molecule has 9 atom stereocenters. The van der Waals surface area contributed by atoms with Crippen molar-refractivity contribution in [2.75, 3.05) is 13.6 Å². The van der Waals surface area contributed by atoms with E-state index in [0.717, 1.165) is 25.8 Å². The number of epoxide rings is 1. The van der Waals surface area contributed by atoms with Gasteiger partial charge in [0.25, 0.3) is 0 Å². The number of carbonyl (C=O) groups excluding carboxylic acids is 1. The molecule has 0 unspecified atom stereocenters. The van der Waals surface area contributed by atoms with Gasteiger partial charge in [0.2, 0.25) is 0 Å². The minimum atomic E-state index is -0.822. The van der Waals surface area contributed by atoms with Gasteiger partial charge in [-0.25, -0.2) is 0 Å². The zero-order valence-corrected chi connectivity index (χ0v) is 14.3. The van der Waals surface area contributed by atoms with E-state index in [2.05, 4.69) is 34.8 Å². The minimum absolute atomic E-state index is 0.0325. The van der Waals surface area contributed by atoms with E-state index in [1.54, 1.807) is 0 Å². The first-order chi connectivity index (χ1) is 10.4. The minimum Gasteiger partial charge on any atom is -0.367 e. The number of halogens is 1. The molecule has 0 aromatic heterocycles. The second kappa shape index (κ2) is 3.23. The van der Waals surface area contributed by atoms with Crippen LogP contribution in [0.2, 0.25) is 0 Å². The van der Waals surface area contributed by atoms with Crippen LogP contribution in [0.15, 0.2) is 0 Å². The number of alkyl halides is 1. The Bertz CT molecular complexity index is 644. The first kappa shape index (κ1) is 13.3. The standard InChI is InChI=1S/C16H20BrNO4/c1-13-9-7(19)8-11(21-8)16-4-3-15(13,10(17)12(20)22-13)14(9,16)5-6-18(16)2/h8-12,20H,3-6H2,1-2H3/t8-,9+,10-,11-,12+,13+,14+,15+,16-/m1/s1. The van der Waals surface area contributed by atoms with Crippen molar-refractivity contribution in [1.82, 2.24) is 4.90 Å². The van der Waals surface area contributed by atoms with E-state index in [1.807, 2.05) is 0 Å². The third kappa shape index (κ3) is 0.834. The maximum absolute atomic E-state index is 13.0. The number of Topliss-reactive ketones (excluding diaryl/α,β-unsaturated/α-hetero) is 1. The summed E-state index contributed by atoms with van der Waals surface area (Å²) in [5.41, 5.74) is -0.831. The Morgan fingerprint density at radius 3 is 2.86 bits per heavy atom. The molecule has 0 radical (unpaired) electrons. The van der Waals surface area contributed by atoms with E-state index in [1.165, 1.54) is 0 Å². The van der Waals surface area contributed by atoms with Crippen molar-refractivity contribution in [3.05, 3.63) is 0 Å². The molecule has 0 amide bonds. The molecule has 0 aromatic carbocycles. The van der Waals surface area contributed by atoms with E-state index in [4.69, 9.17) is 9.47 Å². The van der Waals surface area contributed by atoms with Gasteiger partial charge in [-0.1, -0.05) is 15.9 Å². The van der Waals surface area contributed by atoms with Crippen molar-refractivity contribution in [1.29, 1.82) is 0 Å². The van der Waals surface area contributed by atoms with Gasteiger partial charge in [0.15, 0.2) is 12.1 Å². The summed E-state index contributed by atoms with van der Waals surface area (Å²) in [6, 6.07) is 0. The van der Waals surface area contributed by atoms with E-state index in [-0.39, 0.29) is 45.1 Å². The Labute approximate surface area is 137 Å². The molecule has 3 aliphatic heterocycles. The Morgan fingerprint density at radius 1 is 1.32 bits per heavy atom. The van der Waals surface area contributed by atoms with E-state index >= 15 is 0 Å². The van der Waals surface area contributed by atoms with Crippen LogP contribution in [0.25, 0.3) is 0 Å². The van der Waals surface area contributed by atoms with Crippen molar-refractivity contribution in [3.63, 3.8) is 0 Å². The molecule has 5 nitrogen and oxygen atoms in total. The molecular formula is C16H20BrNO4. The van der Waals surface area contributed by atoms with Crippen LogP contribution in [-0.4, -0.2) is 63.8 Å². The van der Waals surface area contributed by atoms with Gasteiger partial charge in [-0.3, -0.25) is 9.69 Å². The summed E-state index contributed by atoms with van der Waals surface area (Å²) in [6.07, 6.45) is 2.06. The topological polar surface area (TPSA) is 62.3 Å². The molecule has 3 saturated carbocycles. The number of carbonyl (C=O) groups is 1. The zero-order valence-electron chi connectivity index (χ0n) is 12.7. The molecule has 6 fully saturated rings. The fourth-order valence-electron chi connectivity index (χ4n) is 8.10. The second-order valence-electron chi connectivity index (χ2n) is 8.37. The Hall–Kier alpha value is -0.0100. The highest BCUT2D eigenvalue weighted by atomic mass is 79.9. The van der Waals surface area contributed by atoms with Crippen molar-refractivity contribution in [2.45, 2.75) is 60.7 Å². The predicted molar refractivity (Wildman–Crippen MR) is 79.4 cm³/mol. The summed E-state index contributed by atoms with van der Waals surface area (Å²) in [6.45, 7) is 3.06. The second-order valence-corrected chi connectivity index (χ2v) is 9.35. The summed E-state index contributed by atoms with van der Waals surface area (Å²) < 4.78 is 12.0. The largest absolute Gasteiger partial charge is 0.367 e. The molecule has 6 rings (SSSR count). The first-order valence-electron chi connectivity index (χ1n) is 8.29. The SMILES string of the molecule is CN1CC[C@@]23[C@H]4C(=O)[C@H]5O[C@H]5[C@@]12CC[C@@]31[C@H](Br)[C@@H](O)O[C@@]41C. The van der Waals surface area contributed by atoms with Crippen molar-refractivity contribution >= 4 is 21.7 Å². The number of hydrogen-bond acceptors (Lipinski definition) is 5. The van der Waals surface area contributed by atoms with E-state index in [9.17, 15) is 9.90 Å². The molecule has 120 valence electrons. The highest BCUT2D eigenvalue weighted by molar-refractivity contribution is 9.09. The molecule has 6 heteroatoms. The third-order valence-corrected chi connectivity index (χ3v) is 9.77. The maximum atomic E-state index is 13.0. The van der Waals surface area contributed by atoms with Crippen LogP contribution in [0.1, 0.15) is 26.2 Å². The van der Waals surface area contributed by atoms with Crippen molar-refractivity contribution in [2.24, 2.45) is 16.7 Å². The number of rotatable bonds is 0. The van der Waals surface area contributed by atoms with Crippen LogP contribution in [0.4, 0.5) is 0 Å². The fraction of sp³-hybridized carbons (Fsp3) is 0.938. The maximum Gasteiger partial charge on any atom is 0.170 e. The Balaban J connectivity index is 1.67. The summed E-state index contributed by atoms with van der Waals surface area (Å²) in [5, 5.41) is 10.4. The number of hydrogen-bond donors (Lipinski definition) is 1. The summed E-state index contributed by atoms with van der Waals surface area (Å²) >= 11 is 3.76. The molecule has 0 bridgehead atoms. The Kier molecular flexibility index (Phi) is 1.95. The van der Waals surface area contributed by atoms with Gasteiger partial charge in [-0.2, -0.15) is 0 Å². The molecule has 22 heavy (non-hydrogen) atoms. The van der Waals surface area contributed by atoms with Crippen LogP contribution < -0.4 is 0 Å². The van der Waals surface area contributed by atoms with Crippen LogP contribution in [-0.2, 0) is 14.3 Å². The van der Waals surface area contributed by atoms with Gasteiger partial charge in [0.1, 0.15) is 12.2 Å². The predicted octanol–water partition coefficient (Wildman–Crippen LogP) is 0.678. The number of aliphatic hydroxyl groups excluding tert-OH is 1. The number of likely N-dealkylation sites (tertiary alicyclic amines) is 1. The van der Waals surface area contributed by atoms with Crippen LogP contribution >= 0.6 is 15.9 Å². The molecule has 3 heterocycles. The molecular weight excluding hydrogens is 350 g/mol. The monoisotopic (exact) mass is 369 g/mol. The lowest BCUT2D eigenvalue weighted by Crippen LogP contribution is -2.83. The van der Waals surface area contributed by atoms with Crippen molar-refractivity contribution < 1.29 is 19.4 Å². The smallest absolute Gasteiger partial charge is 0.170 e. The molecule has 1 N–H and O–H groups in total. The number of fused-ring (bicyclic) bond motifs is 2. The number of ketones is 1. The van der Waals surface area contributed by atoms with Gasteiger partial charge in [-0.15, -0.1) is 0 Å². The van der Waals surface area contributed by atoms with Crippen LogP contribution in [0.5, 0.6) is 0 Å². The number of likely N-dealkylation sites (N-methyl/N-ethyl adjacent to an activating group) is 1. The van der Waals surface area contributed by atoms with Gasteiger partial charge in [0.05, 0.1) is 21.9 Å². The lowest BCUT2D eigenvalue weighted by molar-refractivity contribution is -0.293. The van der Waals surface area contributed by atoms with Crippen LogP contribution in [0, 0.1) is 16.7 Å². The lowest BCUT2D eigenvalue weighted by Gasteiger charge is -2.72. The van der Waals surface area contributed by atoms with Gasteiger partial charge in [0, 0.05) is 10.8 Å². The molecule has 2 spiro atoms. The highest BCUT2D eigenvalue weighted by Gasteiger charge is 2.98. The average molecular weight is 370 g/mol. The Morgan fingerprint density at radius 2 is 2.09 bits per heavy atom. The summed E-state index contributed by atoms with van der Waals surface area (Å²) in [5.74, 6) is 0.0955. The number of ether oxygens (including phenoxy) is 2. The summed E-state index contributed by atoms with van der Waals surface area (Å²) in [7, 11) is 2.19. The normalized spacial score (nSPS) is 70.7. The van der Waals surface area contributed by atoms with Gasteiger partial charge < -0.3 is 14.6 Å². The van der Waals surface area contributed by atoms with Crippen molar-refractivity contribution in [3.8, 4) is 0 Å². The van der Waals surface area contributed by atoms with Gasteiger partial charge in [-0.05, 0) is 39.8 Å². The first-order valence-corrected chi connectivity index (χ1v) is 9.20. The highest BCUT2D eigenvalue weighted by Crippen LogP contribution is 2.89. The molecule has 0 aromatic rings. The fourth-order valence-corrected chi connectivity index (χ4v) is 9.30. The number of aliphatic hydroxyl groups is 1. The number of nitrogens with zero attached hydrogens (tertiary/aromatic N) is 1. The molecule has 3 aliphatic carbocycles. The quantitative estimate of drug-likeness (QED) is 0.502. The van der Waals surface area contributed by atoms with E-state index in [0.29, 0.717) is 0 Å². The summed E-state index contributed by atoms with van der Waals surface area (Å²) in [4.78, 5) is 15.4. The van der Waals surface area contributed by atoms with Crippen LogP contribution in [0.3, 0.4) is 0 Å². The zero-order chi connectivity index (χ0) is 15.3. The lowest BCUT2D eigenvalue weighted by atomic mass is 9.31. The van der Waals surface area contributed by atoms with E-state index < -0.39 is 11.9 Å².